The summed E-state index contributed by atoms with van der Waals surface area (Å²) in [6, 6.07) is 0. The third-order valence-corrected chi connectivity index (χ3v) is 9.68. The first-order valence-electron chi connectivity index (χ1n) is 16.0. The molecule has 0 spiro atoms. The summed E-state index contributed by atoms with van der Waals surface area (Å²) in [5.41, 5.74) is -1.32. The molecule has 3 N–H and O–H groups in total. The Morgan fingerprint density at radius 1 is 0.837 bits per heavy atom. The lowest BCUT2D eigenvalue weighted by molar-refractivity contribution is -0.142. The first-order chi connectivity index (χ1) is 19.4. The van der Waals surface area contributed by atoms with Gasteiger partial charge < -0.3 is 20.9 Å². The number of hydrogen-bond donors (Lipinski definition) is 3. The monoisotopic (exact) mass is 630 g/mol. The van der Waals surface area contributed by atoms with Crippen molar-refractivity contribution in [3.05, 3.63) is 12.2 Å². The standard InChI is InChI=1S/C17H28N2O2.C16H28F2N2O.ClH/c1-16(2,3)18-15(21)17(9-11-19(4)12-10-17)13-5-7-14(20)8-6-13;1-14(2,3)20-13(21)15(8-10-19-11-9-15)12-4-6-16(17,18)7-5-12;/h5,7,13H,6,8-12H2,1-4H3,(H,18,21);12,19H,4-11H2,1-3H3,(H,20,21);1H. The molecular weight excluding hydrogens is 574 g/mol. The number of piperidine rings is 2. The maximum Gasteiger partial charge on any atom is 0.248 e. The minimum absolute atomic E-state index is 0. The van der Waals surface area contributed by atoms with Crippen molar-refractivity contribution in [1.29, 1.82) is 0 Å². The molecule has 3 fully saturated rings. The average molecular weight is 631 g/mol. The number of rotatable bonds is 4. The van der Waals surface area contributed by atoms with E-state index in [0.29, 0.717) is 19.3 Å². The molecule has 1 atom stereocenters. The van der Waals surface area contributed by atoms with Crippen LogP contribution < -0.4 is 16.0 Å². The summed E-state index contributed by atoms with van der Waals surface area (Å²) in [6.45, 7) is 15.4. The fourth-order valence-electron chi connectivity index (χ4n) is 7.16. The highest BCUT2D eigenvalue weighted by Gasteiger charge is 2.50. The number of hydrogen-bond acceptors (Lipinski definition) is 5. The van der Waals surface area contributed by atoms with Gasteiger partial charge in [0, 0.05) is 30.3 Å². The summed E-state index contributed by atoms with van der Waals surface area (Å²) in [5.74, 6) is -1.86. The van der Waals surface area contributed by atoms with E-state index in [1.165, 1.54) is 0 Å². The average Bonchev–Trinajstić information content (AvgIpc) is 2.88. The molecule has 10 heteroatoms. The third kappa shape index (κ3) is 10.2. The van der Waals surface area contributed by atoms with Crippen molar-refractivity contribution in [2.75, 3.05) is 33.2 Å². The second-order valence-electron chi connectivity index (χ2n) is 15.4. The van der Waals surface area contributed by atoms with Crippen LogP contribution in [0, 0.1) is 22.7 Å². The Labute approximate surface area is 264 Å². The molecule has 2 amide bonds. The van der Waals surface area contributed by atoms with E-state index in [1.807, 2.05) is 47.6 Å². The molecular formula is C33H57ClF2N4O3. The van der Waals surface area contributed by atoms with Crippen LogP contribution >= 0.6 is 12.4 Å². The van der Waals surface area contributed by atoms with Crippen molar-refractivity contribution >= 4 is 30.0 Å². The quantitative estimate of drug-likeness (QED) is 0.373. The number of likely N-dealkylation sites (tertiary alicyclic amines) is 1. The first kappa shape index (κ1) is 37.6. The zero-order valence-electron chi connectivity index (χ0n) is 27.5. The van der Waals surface area contributed by atoms with Crippen LogP contribution in [0.1, 0.15) is 106 Å². The van der Waals surface area contributed by atoms with Crippen molar-refractivity contribution in [2.45, 2.75) is 123 Å². The molecule has 4 rings (SSSR count). The van der Waals surface area contributed by atoms with Crippen LogP contribution in [-0.2, 0) is 14.4 Å². The predicted molar refractivity (Wildman–Crippen MR) is 171 cm³/mol. The van der Waals surface area contributed by atoms with Crippen molar-refractivity contribution in [3.63, 3.8) is 0 Å². The number of carbonyl (C=O) groups excluding carboxylic acids is 3. The van der Waals surface area contributed by atoms with Crippen molar-refractivity contribution in [3.8, 4) is 0 Å². The smallest absolute Gasteiger partial charge is 0.248 e. The fraction of sp³-hybridized carbons (Fsp3) is 0.848. The normalized spacial score (nSPS) is 25.9. The summed E-state index contributed by atoms with van der Waals surface area (Å²) in [5, 5.41) is 9.55. The van der Waals surface area contributed by atoms with Gasteiger partial charge in [0.2, 0.25) is 17.7 Å². The Balaban J connectivity index is 0.000000293. The number of carbonyl (C=O) groups is 3. The van der Waals surface area contributed by atoms with Crippen LogP contribution in [0.2, 0.25) is 0 Å². The number of nitrogens with zero attached hydrogens (tertiary/aromatic N) is 1. The Morgan fingerprint density at radius 3 is 1.77 bits per heavy atom. The number of alkyl halides is 2. The number of ketones is 1. The van der Waals surface area contributed by atoms with Crippen LogP contribution in [0.5, 0.6) is 0 Å². The van der Waals surface area contributed by atoms with Gasteiger partial charge in [0.1, 0.15) is 0 Å². The summed E-state index contributed by atoms with van der Waals surface area (Å²) in [7, 11) is 2.10. The second kappa shape index (κ2) is 14.7. The van der Waals surface area contributed by atoms with E-state index >= 15 is 0 Å². The molecule has 2 aliphatic carbocycles. The van der Waals surface area contributed by atoms with Gasteiger partial charge in [-0.25, -0.2) is 8.78 Å². The molecule has 2 heterocycles. The third-order valence-electron chi connectivity index (χ3n) is 9.68. The van der Waals surface area contributed by atoms with E-state index in [0.717, 1.165) is 58.3 Å². The predicted octanol–water partition coefficient (Wildman–Crippen LogP) is 5.67. The molecule has 0 radical (unpaired) electrons. The molecule has 248 valence electrons. The molecule has 0 bridgehead atoms. The second-order valence-corrected chi connectivity index (χ2v) is 15.4. The zero-order valence-corrected chi connectivity index (χ0v) is 28.4. The Kier molecular flexibility index (Phi) is 12.8. The van der Waals surface area contributed by atoms with Crippen molar-refractivity contribution in [1.82, 2.24) is 20.9 Å². The Morgan fingerprint density at radius 2 is 1.33 bits per heavy atom. The number of halogens is 3. The van der Waals surface area contributed by atoms with Crippen LogP contribution in [-0.4, -0.2) is 72.7 Å². The summed E-state index contributed by atoms with van der Waals surface area (Å²) >= 11 is 0. The number of allylic oxidation sites excluding steroid dienone is 2. The Hall–Kier alpha value is -1.58. The minimum atomic E-state index is -2.54. The maximum atomic E-state index is 13.4. The highest BCUT2D eigenvalue weighted by Crippen LogP contribution is 2.48. The molecule has 0 aromatic rings. The molecule has 43 heavy (non-hydrogen) atoms. The zero-order chi connectivity index (χ0) is 31.4. The van der Waals surface area contributed by atoms with Gasteiger partial charge in [-0.15, -0.1) is 12.4 Å². The van der Waals surface area contributed by atoms with Crippen LogP contribution in [0.4, 0.5) is 8.78 Å². The highest BCUT2D eigenvalue weighted by molar-refractivity contribution is 5.91. The molecule has 0 aromatic heterocycles. The van der Waals surface area contributed by atoms with Gasteiger partial charge >= 0.3 is 0 Å². The van der Waals surface area contributed by atoms with E-state index in [1.54, 1.807) is 6.08 Å². The van der Waals surface area contributed by atoms with Gasteiger partial charge in [0.05, 0.1) is 10.8 Å². The topological polar surface area (TPSA) is 90.5 Å². The molecule has 2 aliphatic heterocycles. The van der Waals surface area contributed by atoms with Crippen LogP contribution in [0.25, 0.3) is 0 Å². The summed E-state index contributed by atoms with van der Waals surface area (Å²) in [4.78, 5) is 39.6. The largest absolute Gasteiger partial charge is 0.351 e. The summed E-state index contributed by atoms with van der Waals surface area (Å²) < 4.78 is 26.9. The van der Waals surface area contributed by atoms with Gasteiger partial charge in [-0.05, 0) is 138 Å². The van der Waals surface area contributed by atoms with Gasteiger partial charge in [-0.1, -0.05) is 6.08 Å². The molecule has 4 aliphatic rings. The fourth-order valence-corrected chi connectivity index (χ4v) is 7.16. The lowest BCUT2D eigenvalue weighted by atomic mass is 9.63. The van der Waals surface area contributed by atoms with E-state index in [2.05, 4.69) is 27.9 Å². The SMILES string of the molecule is CC(C)(C)NC(=O)C1(C2CCC(F)(F)CC2)CCNCC1.CN1CCC(C(=O)NC(C)(C)C)(C2C=CC(=O)CC2)CC1.Cl. The highest BCUT2D eigenvalue weighted by atomic mass is 35.5. The molecule has 7 nitrogen and oxygen atoms in total. The number of amides is 2. The Bertz CT molecular complexity index is 981. The van der Waals surface area contributed by atoms with Gasteiger partial charge in [-0.3, -0.25) is 14.4 Å². The maximum absolute atomic E-state index is 13.4. The molecule has 1 saturated carbocycles. The van der Waals surface area contributed by atoms with E-state index in [4.69, 9.17) is 0 Å². The molecule has 0 aromatic carbocycles. The van der Waals surface area contributed by atoms with Crippen LogP contribution in [0.15, 0.2) is 12.2 Å². The van der Waals surface area contributed by atoms with E-state index in [9.17, 15) is 23.2 Å². The first-order valence-corrected chi connectivity index (χ1v) is 16.0. The minimum Gasteiger partial charge on any atom is -0.351 e. The summed E-state index contributed by atoms with van der Waals surface area (Å²) in [6.07, 6.45) is 9.07. The molecule has 1 unspecified atom stereocenters. The van der Waals surface area contributed by atoms with Gasteiger partial charge in [0.25, 0.3) is 0 Å². The van der Waals surface area contributed by atoms with Crippen molar-refractivity contribution < 1.29 is 23.2 Å². The van der Waals surface area contributed by atoms with Crippen molar-refractivity contribution in [2.24, 2.45) is 22.7 Å². The van der Waals surface area contributed by atoms with E-state index < -0.39 is 11.3 Å². The number of nitrogens with one attached hydrogen (secondary N) is 3. The molecule has 2 saturated heterocycles. The van der Waals surface area contributed by atoms with Gasteiger partial charge in [0.15, 0.2) is 5.78 Å². The lowest BCUT2D eigenvalue weighted by Crippen LogP contribution is -2.56. The van der Waals surface area contributed by atoms with E-state index in [-0.39, 0.29) is 71.2 Å². The van der Waals surface area contributed by atoms with Gasteiger partial charge in [-0.2, -0.15) is 0 Å². The lowest BCUT2D eigenvalue weighted by Gasteiger charge is -2.46. The van der Waals surface area contributed by atoms with Crippen LogP contribution in [0.3, 0.4) is 0 Å².